The molecule has 0 amide bonds. The van der Waals surface area contributed by atoms with Crippen LogP contribution in [0.1, 0.15) is 12.0 Å². The lowest BCUT2D eigenvalue weighted by atomic mass is 10.0. The molecular weight excluding hydrogens is 332 g/mol. The van der Waals surface area contributed by atoms with Gasteiger partial charge in [-0.2, -0.15) is 0 Å². The van der Waals surface area contributed by atoms with Crippen molar-refractivity contribution < 1.29 is 15.0 Å². The van der Waals surface area contributed by atoms with Crippen molar-refractivity contribution in [1.29, 1.82) is 0 Å². The van der Waals surface area contributed by atoms with E-state index in [1.54, 1.807) is 0 Å². The summed E-state index contributed by atoms with van der Waals surface area (Å²) in [6.07, 6.45) is 1.09. The van der Waals surface area contributed by atoms with Gasteiger partial charge < -0.3 is 10.2 Å². The zero-order valence-corrected chi connectivity index (χ0v) is 14.2. The minimum atomic E-state index is -0.859. The van der Waals surface area contributed by atoms with E-state index in [0.29, 0.717) is 0 Å². The Labute approximate surface area is 145 Å². The van der Waals surface area contributed by atoms with Gasteiger partial charge in [0, 0.05) is 11.6 Å². The lowest BCUT2D eigenvalue weighted by Crippen LogP contribution is -2.18. The van der Waals surface area contributed by atoms with Crippen molar-refractivity contribution in [2.24, 2.45) is 0 Å². The smallest absolute Gasteiger partial charge is 0.316 e. The Morgan fingerprint density at radius 3 is 2.13 bits per heavy atom. The first-order chi connectivity index (χ1) is 11.1. The third-order valence-corrected chi connectivity index (χ3v) is 5.04. The van der Waals surface area contributed by atoms with Crippen LogP contribution in [0.15, 0.2) is 48.5 Å². The van der Waals surface area contributed by atoms with Gasteiger partial charge >= 0.3 is 5.97 Å². The maximum atomic E-state index is 11.0. The van der Waals surface area contributed by atoms with E-state index in [1.807, 2.05) is 24.3 Å². The molecule has 0 heterocycles. The van der Waals surface area contributed by atoms with Crippen LogP contribution in [0.3, 0.4) is 0 Å². The summed E-state index contributed by atoms with van der Waals surface area (Å²) in [5, 5.41) is 18.1. The van der Waals surface area contributed by atoms with Crippen molar-refractivity contribution in [2.45, 2.75) is 18.1 Å². The summed E-state index contributed by atoms with van der Waals surface area (Å²) in [6.45, 7) is -0.0975. The maximum absolute atomic E-state index is 11.0. The summed E-state index contributed by atoms with van der Waals surface area (Å²) >= 11 is 7.27. The van der Waals surface area contributed by atoms with Gasteiger partial charge in [0.05, 0.1) is 0 Å². The van der Waals surface area contributed by atoms with E-state index in [0.717, 1.165) is 28.3 Å². The third kappa shape index (κ3) is 5.57. The van der Waals surface area contributed by atoms with Crippen molar-refractivity contribution >= 4 is 29.3 Å². The normalized spacial score (nSPS) is 12.1. The molecule has 2 rings (SSSR count). The maximum Gasteiger partial charge on any atom is 0.316 e. The SMILES string of the molecule is O=C(O)[C@H](CCO)SCCc1ccc(-c2ccc(Cl)cc2)cc1. The van der Waals surface area contributed by atoms with E-state index in [2.05, 4.69) is 24.3 Å². The number of hydrogen-bond acceptors (Lipinski definition) is 3. The number of carbonyl (C=O) groups is 1. The van der Waals surface area contributed by atoms with Gasteiger partial charge in [0.15, 0.2) is 0 Å². The first-order valence-electron chi connectivity index (χ1n) is 7.40. The van der Waals surface area contributed by atoms with E-state index in [1.165, 1.54) is 17.3 Å². The number of rotatable bonds is 8. The summed E-state index contributed by atoms with van der Waals surface area (Å²) in [4.78, 5) is 11.0. The summed E-state index contributed by atoms with van der Waals surface area (Å²) in [5.74, 6) is -0.140. The van der Waals surface area contributed by atoms with Crippen LogP contribution in [-0.2, 0) is 11.2 Å². The lowest BCUT2D eigenvalue weighted by molar-refractivity contribution is -0.136. The number of carboxylic acid groups (broad SMARTS) is 1. The Kier molecular flexibility index (Phi) is 6.96. The topological polar surface area (TPSA) is 57.5 Å². The molecule has 0 unspecified atom stereocenters. The van der Waals surface area contributed by atoms with Gasteiger partial charge in [-0.15, -0.1) is 11.8 Å². The molecule has 0 saturated carbocycles. The Balaban J connectivity index is 1.90. The second kappa shape index (κ2) is 8.96. The van der Waals surface area contributed by atoms with E-state index in [-0.39, 0.29) is 13.0 Å². The molecule has 0 aliphatic heterocycles. The van der Waals surface area contributed by atoms with Crippen LogP contribution in [0.2, 0.25) is 5.02 Å². The van der Waals surface area contributed by atoms with Crippen LogP contribution < -0.4 is 0 Å². The average Bonchev–Trinajstić information content (AvgIpc) is 2.55. The number of aryl methyl sites for hydroxylation is 1. The Bertz CT molecular complexity index is 626. The van der Waals surface area contributed by atoms with Gasteiger partial charge in [-0.25, -0.2) is 0 Å². The molecule has 5 heteroatoms. The number of aliphatic hydroxyl groups is 1. The quantitative estimate of drug-likeness (QED) is 0.752. The number of thioether (sulfide) groups is 1. The van der Waals surface area contributed by atoms with E-state index < -0.39 is 11.2 Å². The summed E-state index contributed by atoms with van der Waals surface area (Å²) in [6, 6.07) is 16.0. The fourth-order valence-electron chi connectivity index (χ4n) is 2.22. The van der Waals surface area contributed by atoms with Gasteiger partial charge in [0.2, 0.25) is 0 Å². The van der Waals surface area contributed by atoms with Crippen molar-refractivity contribution in [2.75, 3.05) is 12.4 Å². The van der Waals surface area contributed by atoms with Crippen molar-refractivity contribution in [3.05, 3.63) is 59.1 Å². The monoisotopic (exact) mass is 350 g/mol. The molecule has 0 saturated heterocycles. The van der Waals surface area contributed by atoms with Gasteiger partial charge in [-0.05, 0) is 47.4 Å². The second-order valence-electron chi connectivity index (χ2n) is 5.16. The highest BCUT2D eigenvalue weighted by Gasteiger charge is 2.16. The molecule has 2 aromatic rings. The Morgan fingerprint density at radius 2 is 1.61 bits per heavy atom. The highest BCUT2D eigenvalue weighted by Crippen LogP contribution is 2.23. The molecular formula is C18H19ClO3S. The zero-order valence-electron chi connectivity index (χ0n) is 12.6. The molecule has 23 heavy (non-hydrogen) atoms. The summed E-state index contributed by atoms with van der Waals surface area (Å²) in [7, 11) is 0. The van der Waals surface area contributed by atoms with Crippen LogP contribution in [0.25, 0.3) is 11.1 Å². The summed E-state index contributed by atoms with van der Waals surface area (Å²) < 4.78 is 0. The predicted molar refractivity (Wildman–Crippen MR) is 96.2 cm³/mol. The Hall–Kier alpha value is -1.49. The third-order valence-electron chi connectivity index (χ3n) is 3.51. The highest BCUT2D eigenvalue weighted by atomic mass is 35.5. The second-order valence-corrected chi connectivity index (χ2v) is 6.91. The predicted octanol–water partition coefficient (Wildman–Crippen LogP) is 4.12. The molecule has 0 aromatic heterocycles. The van der Waals surface area contributed by atoms with E-state index in [4.69, 9.17) is 21.8 Å². The lowest BCUT2D eigenvalue weighted by Gasteiger charge is -2.10. The fraction of sp³-hybridized carbons (Fsp3) is 0.278. The van der Waals surface area contributed by atoms with Crippen LogP contribution in [-0.4, -0.2) is 33.8 Å². The molecule has 0 radical (unpaired) electrons. The highest BCUT2D eigenvalue weighted by molar-refractivity contribution is 8.00. The van der Waals surface area contributed by atoms with Crippen LogP contribution in [0, 0.1) is 0 Å². The van der Waals surface area contributed by atoms with Gasteiger partial charge in [-0.3, -0.25) is 4.79 Å². The number of halogens is 1. The molecule has 122 valence electrons. The molecule has 0 aliphatic carbocycles. The first kappa shape index (κ1) is 17.9. The standard InChI is InChI=1S/C18H19ClO3S/c19-16-7-5-15(6-8-16)14-3-1-13(2-4-14)10-12-23-17(9-11-20)18(21)22/h1-8,17,20H,9-12H2,(H,21,22)/t17-/m0/s1. The van der Waals surface area contributed by atoms with Crippen LogP contribution in [0.4, 0.5) is 0 Å². The largest absolute Gasteiger partial charge is 0.480 e. The zero-order chi connectivity index (χ0) is 16.7. The number of aliphatic hydroxyl groups excluding tert-OH is 1. The van der Waals surface area contributed by atoms with E-state index in [9.17, 15) is 4.79 Å². The molecule has 0 spiro atoms. The fourth-order valence-corrected chi connectivity index (χ4v) is 3.40. The number of benzene rings is 2. The first-order valence-corrected chi connectivity index (χ1v) is 8.83. The molecule has 2 aromatic carbocycles. The van der Waals surface area contributed by atoms with Gasteiger partial charge in [-0.1, -0.05) is 48.0 Å². The van der Waals surface area contributed by atoms with Crippen LogP contribution in [0.5, 0.6) is 0 Å². The number of aliphatic carboxylic acids is 1. The van der Waals surface area contributed by atoms with Crippen molar-refractivity contribution in [3.8, 4) is 11.1 Å². The summed E-state index contributed by atoms with van der Waals surface area (Å²) in [5.41, 5.74) is 3.41. The molecule has 3 nitrogen and oxygen atoms in total. The molecule has 0 bridgehead atoms. The minimum Gasteiger partial charge on any atom is -0.480 e. The Morgan fingerprint density at radius 1 is 1.04 bits per heavy atom. The average molecular weight is 351 g/mol. The molecule has 0 fully saturated rings. The van der Waals surface area contributed by atoms with Crippen LogP contribution >= 0.6 is 23.4 Å². The van der Waals surface area contributed by atoms with Gasteiger partial charge in [0.1, 0.15) is 5.25 Å². The van der Waals surface area contributed by atoms with Crippen molar-refractivity contribution in [1.82, 2.24) is 0 Å². The van der Waals surface area contributed by atoms with Crippen molar-refractivity contribution in [3.63, 3.8) is 0 Å². The van der Waals surface area contributed by atoms with Gasteiger partial charge in [0.25, 0.3) is 0 Å². The van der Waals surface area contributed by atoms with E-state index >= 15 is 0 Å². The molecule has 0 aliphatic rings. The molecule has 1 atom stereocenters. The number of hydrogen-bond donors (Lipinski definition) is 2. The number of carboxylic acids is 1. The minimum absolute atomic E-state index is 0.0975. The molecule has 2 N–H and O–H groups in total.